The number of nitrogens with one attached hydrogen (secondary N) is 1. The molecular formula is C17H17ClN2O6. The Hall–Kier alpha value is -2.42. The lowest BCUT2D eigenvalue weighted by Crippen LogP contribution is -2.24. The minimum Gasteiger partial charge on any atom is -0.492 e. The van der Waals surface area contributed by atoms with Gasteiger partial charge in [-0.3, -0.25) is 9.78 Å². The third-order valence-electron chi connectivity index (χ3n) is 3.61. The quantitative estimate of drug-likeness (QED) is 0.471. The second-order valence-electron chi connectivity index (χ2n) is 5.44. The number of methoxy groups -OCH3 is 1. The maximum absolute atomic E-state index is 11.8. The summed E-state index contributed by atoms with van der Waals surface area (Å²) in [4.78, 5) is 28.9. The van der Waals surface area contributed by atoms with E-state index >= 15 is 0 Å². The minimum absolute atomic E-state index is 0.0724. The molecule has 138 valence electrons. The molecule has 0 radical (unpaired) electrons. The summed E-state index contributed by atoms with van der Waals surface area (Å²) in [6, 6.07) is 4.99. The first kappa shape index (κ1) is 18.4. The van der Waals surface area contributed by atoms with Crippen molar-refractivity contribution >= 4 is 22.6 Å². The summed E-state index contributed by atoms with van der Waals surface area (Å²) in [5.74, 6) is 0.364. The number of fused-ring (bicyclic) bond motifs is 2. The molecule has 0 amide bonds. The second kappa shape index (κ2) is 8.31. The standard InChI is InChI=1S/C17H17ClN2O6/c1-23-7-8-24-5-2-6-25-12-4-3-10-9-11-15(21)19-17(22)20-16(11)26-14(10)13(12)18/h3-4,9H,2,5-8H2,1H3,(H,19,21,22). The fourth-order valence-corrected chi connectivity index (χ4v) is 2.63. The molecule has 1 aromatic rings. The third-order valence-corrected chi connectivity index (χ3v) is 3.97. The minimum atomic E-state index is -0.775. The van der Waals surface area contributed by atoms with Gasteiger partial charge in [-0.25, -0.2) is 4.79 Å². The maximum atomic E-state index is 11.8. The zero-order valence-electron chi connectivity index (χ0n) is 14.0. The molecule has 0 bridgehead atoms. The van der Waals surface area contributed by atoms with Gasteiger partial charge in [-0.15, -0.1) is 0 Å². The summed E-state index contributed by atoms with van der Waals surface area (Å²) < 4.78 is 21.5. The van der Waals surface area contributed by atoms with Crippen molar-refractivity contribution in [2.45, 2.75) is 6.42 Å². The fraction of sp³-hybridized carbons (Fsp3) is 0.353. The summed E-state index contributed by atoms with van der Waals surface area (Å²) in [6.07, 6.45) is 0.684. The number of halogens is 1. The first-order valence-corrected chi connectivity index (χ1v) is 8.34. The average molecular weight is 381 g/mol. The van der Waals surface area contributed by atoms with Gasteiger partial charge in [0, 0.05) is 25.5 Å². The van der Waals surface area contributed by atoms with Crippen LogP contribution in [-0.2, 0) is 9.47 Å². The van der Waals surface area contributed by atoms with Crippen LogP contribution in [0.1, 0.15) is 6.42 Å². The number of nitrogens with zero attached hydrogens (tertiary/aromatic N) is 1. The summed E-state index contributed by atoms with van der Waals surface area (Å²) in [6.45, 7) is 2.04. The average Bonchev–Trinajstić information content (AvgIpc) is 2.62. The molecule has 0 atom stereocenters. The van der Waals surface area contributed by atoms with Gasteiger partial charge in [0.25, 0.3) is 5.56 Å². The zero-order chi connectivity index (χ0) is 18.5. The van der Waals surface area contributed by atoms with Crippen molar-refractivity contribution in [2.24, 2.45) is 0 Å². The highest BCUT2D eigenvalue weighted by molar-refractivity contribution is 6.36. The van der Waals surface area contributed by atoms with E-state index < -0.39 is 11.2 Å². The lowest BCUT2D eigenvalue weighted by Gasteiger charge is -2.11. The maximum Gasteiger partial charge on any atom is 0.351 e. The van der Waals surface area contributed by atoms with Crippen LogP contribution in [0.4, 0.5) is 0 Å². The van der Waals surface area contributed by atoms with Crippen LogP contribution >= 0.6 is 11.6 Å². The molecule has 0 aliphatic carbocycles. The molecule has 2 aliphatic heterocycles. The molecule has 0 spiro atoms. The van der Waals surface area contributed by atoms with Gasteiger partial charge in [-0.05, 0) is 18.2 Å². The number of H-pyrrole nitrogens is 1. The van der Waals surface area contributed by atoms with E-state index in [4.69, 9.17) is 30.2 Å². The van der Waals surface area contributed by atoms with E-state index in [0.29, 0.717) is 49.6 Å². The van der Waals surface area contributed by atoms with Crippen molar-refractivity contribution in [1.29, 1.82) is 0 Å². The van der Waals surface area contributed by atoms with Gasteiger partial charge in [0.15, 0.2) is 5.58 Å². The molecule has 1 aromatic carbocycles. The van der Waals surface area contributed by atoms with Crippen LogP contribution in [0.15, 0.2) is 32.2 Å². The molecule has 0 saturated carbocycles. The summed E-state index contributed by atoms with van der Waals surface area (Å²) >= 11 is 6.34. The van der Waals surface area contributed by atoms with Gasteiger partial charge in [0.2, 0.25) is 5.89 Å². The fourth-order valence-electron chi connectivity index (χ4n) is 2.37. The van der Waals surface area contributed by atoms with Crippen molar-refractivity contribution in [3.63, 3.8) is 0 Å². The molecule has 2 aliphatic rings. The molecule has 3 rings (SSSR count). The van der Waals surface area contributed by atoms with Gasteiger partial charge in [-0.1, -0.05) is 11.6 Å². The van der Waals surface area contributed by atoms with Crippen molar-refractivity contribution in [2.75, 3.05) is 33.5 Å². The van der Waals surface area contributed by atoms with E-state index in [2.05, 4.69) is 9.97 Å². The largest absolute Gasteiger partial charge is 0.492 e. The molecule has 0 fully saturated rings. The molecule has 9 heteroatoms. The summed E-state index contributed by atoms with van der Waals surface area (Å²) in [5, 5.41) is 0.850. The van der Waals surface area contributed by atoms with Crippen LogP contribution in [0.5, 0.6) is 5.75 Å². The van der Waals surface area contributed by atoms with Gasteiger partial charge < -0.3 is 18.6 Å². The number of aromatic nitrogens is 2. The normalized spacial score (nSPS) is 11.3. The Balaban J connectivity index is 1.78. The van der Waals surface area contributed by atoms with Crippen LogP contribution < -0.4 is 16.0 Å². The molecule has 8 nitrogen and oxygen atoms in total. The van der Waals surface area contributed by atoms with Gasteiger partial charge in [-0.2, -0.15) is 4.98 Å². The number of hydrogen-bond acceptors (Lipinski definition) is 7. The van der Waals surface area contributed by atoms with Crippen molar-refractivity contribution in [3.8, 4) is 17.2 Å². The van der Waals surface area contributed by atoms with Crippen molar-refractivity contribution in [1.82, 2.24) is 9.97 Å². The van der Waals surface area contributed by atoms with E-state index in [1.54, 1.807) is 25.3 Å². The Morgan fingerprint density at radius 1 is 1.19 bits per heavy atom. The van der Waals surface area contributed by atoms with Crippen LogP contribution in [0.25, 0.3) is 22.4 Å². The van der Waals surface area contributed by atoms with Crippen molar-refractivity contribution < 1.29 is 18.6 Å². The number of rotatable bonds is 8. The van der Waals surface area contributed by atoms with Crippen LogP contribution in [0.3, 0.4) is 0 Å². The Kier molecular flexibility index (Phi) is 5.87. The predicted octanol–water partition coefficient (Wildman–Crippen LogP) is 2.07. The van der Waals surface area contributed by atoms with Crippen molar-refractivity contribution in [3.05, 3.63) is 44.1 Å². The Labute approximate surface area is 153 Å². The summed E-state index contributed by atoms with van der Waals surface area (Å²) in [7, 11) is 1.62. The first-order valence-electron chi connectivity index (χ1n) is 7.96. The van der Waals surface area contributed by atoms with Gasteiger partial charge in [0.1, 0.15) is 16.3 Å². The Morgan fingerprint density at radius 3 is 2.85 bits per heavy atom. The van der Waals surface area contributed by atoms with E-state index in [0.717, 1.165) is 0 Å². The number of benzene rings is 1. The zero-order valence-corrected chi connectivity index (χ0v) is 14.8. The molecule has 26 heavy (non-hydrogen) atoms. The molecule has 2 heterocycles. The van der Waals surface area contributed by atoms with Gasteiger partial charge in [0.05, 0.1) is 19.8 Å². The highest BCUT2D eigenvalue weighted by Gasteiger charge is 2.17. The second-order valence-corrected chi connectivity index (χ2v) is 5.82. The lowest BCUT2D eigenvalue weighted by molar-refractivity contribution is 0.0644. The SMILES string of the molecule is COCCOCCCOc1ccc2cc3c(=O)[nH]c(=O)nc-3oc2c1Cl. The smallest absolute Gasteiger partial charge is 0.351 e. The number of aromatic amines is 1. The molecule has 0 saturated heterocycles. The topological polar surface area (TPSA) is 104 Å². The Morgan fingerprint density at radius 2 is 2.04 bits per heavy atom. The monoisotopic (exact) mass is 380 g/mol. The van der Waals surface area contributed by atoms with Crippen LogP contribution in [0, 0.1) is 0 Å². The summed E-state index contributed by atoms with van der Waals surface area (Å²) in [5.41, 5.74) is -0.862. The molecule has 1 N–H and O–H groups in total. The van der Waals surface area contributed by atoms with E-state index in [-0.39, 0.29) is 16.5 Å². The van der Waals surface area contributed by atoms with E-state index in [9.17, 15) is 9.59 Å². The van der Waals surface area contributed by atoms with E-state index in [1.165, 1.54) is 0 Å². The van der Waals surface area contributed by atoms with Crippen LogP contribution in [0.2, 0.25) is 5.02 Å². The number of hydrogen-bond donors (Lipinski definition) is 1. The Bertz CT molecular complexity index is 983. The van der Waals surface area contributed by atoms with E-state index in [1.807, 2.05) is 0 Å². The predicted molar refractivity (Wildman–Crippen MR) is 95.3 cm³/mol. The molecular weight excluding hydrogens is 364 g/mol. The van der Waals surface area contributed by atoms with Gasteiger partial charge >= 0.3 is 5.69 Å². The lowest BCUT2D eigenvalue weighted by atomic mass is 10.1. The highest BCUT2D eigenvalue weighted by atomic mass is 35.5. The number of ether oxygens (including phenoxy) is 3. The third kappa shape index (κ3) is 4.04. The molecule has 0 unspecified atom stereocenters. The first-order chi connectivity index (χ1) is 12.6. The molecule has 0 aromatic heterocycles. The van der Waals surface area contributed by atoms with Crippen LogP contribution in [-0.4, -0.2) is 43.5 Å². The highest BCUT2D eigenvalue weighted by Crippen LogP contribution is 2.35.